The van der Waals surface area contributed by atoms with E-state index in [9.17, 15) is 18.3 Å². The molecule has 1 rings (SSSR count). The van der Waals surface area contributed by atoms with Crippen molar-refractivity contribution in [2.24, 2.45) is 11.7 Å². The minimum Gasteiger partial charge on any atom is -0.391 e. The summed E-state index contributed by atoms with van der Waals surface area (Å²) >= 11 is 5.59. The second kappa shape index (κ2) is 5.47. The molecule has 2 nitrogen and oxygen atoms in total. The summed E-state index contributed by atoms with van der Waals surface area (Å²) in [5, 5.41) is 9.37. The van der Waals surface area contributed by atoms with Crippen LogP contribution in [0.1, 0.15) is 31.0 Å². The van der Waals surface area contributed by atoms with Gasteiger partial charge in [0.15, 0.2) is 0 Å². The highest BCUT2D eigenvalue weighted by Gasteiger charge is 2.33. The number of aliphatic hydroxyl groups is 1. The smallest absolute Gasteiger partial charge is 0.391 e. The Kier molecular flexibility index (Phi) is 4.64. The first-order valence-electron chi connectivity index (χ1n) is 5.45. The van der Waals surface area contributed by atoms with Crippen LogP contribution in [-0.4, -0.2) is 11.2 Å². The highest BCUT2D eigenvalue weighted by molar-refractivity contribution is 6.31. The van der Waals surface area contributed by atoms with E-state index in [2.05, 4.69) is 0 Å². The number of rotatable bonds is 3. The van der Waals surface area contributed by atoms with E-state index >= 15 is 0 Å². The van der Waals surface area contributed by atoms with Gasteiger partial charge >= 0.3 is 6.18 Å². The molecule has 1 aromatic rings. The van der Waals surface area contributed by atoms with Crippen molar-refractivity contribution in [3.05, 3.63) is 34.3 Å². The zero-order valence-corrected chi connectivity index (χ0v) is 10.8. The minimum atomic E-state index is -4.49. The first-order valence-corrected chi connectivity index (χ1v) is 5.82. The lowest BCUT2D eigenvalue weighted by atomic mass is 9.94. The van der Waals surface area contributed by atoms with Gasteiger partial charge in [-0.05, 0) is 23.6 Å². The van der Waals surface area contributed by atoms with Gasteiger partial charge in [0.1, 0.15) is 0 Å². The van der Waals surface area contributed by atoms with Crippen molar-refractivity contribution in [1.29, 1.82) is 0 Å². The molecule has 0 amide bonds. The Labute approximate surface area is 109 Å². The van der Waals surface area contributed by atoms with E-state index < -0.39 is 28.9 Å². The van der Waals surface area contributed by atoms with Crippen molar-refractivity contribution >= 4 is 11.6 Å². The predicted molar refractivity (Wildman–Crippen MR) is 64.2 cm³/mol. The molecule has 6 heteroatoms. The molecular weight excluding hydrogens is 267 g/mol. The lowest BCUT2D eigenvalue weighted by Crippen LogP contribution is -2.30. The summed E-state index contributed by atoms with van der Waals surface area (Å²) in [6.07, 6.45) is -5.33. The SMILES string of the molecule is CC(C)[C@H](O)[C@H](N)c1ccc(C(F)(F)F)c(Cl)c1. The van der Waals surface area contributed by atoms with Crippen LogP contribution in [0.25, 0.3) is 0 Å². The molecule has 18 heavy (non-hydrogen) atoms. The molecule has 0 aliphatic heterocycles. The van der Waals surface area contributed by atoms with Crippen LogP contribution in [-0.2, 0) is 6.18 Å². The first kappa shape index (κ1) is 15.3. The highest BCUT2D eigenvalue weighted by Crippen LogP contribution is 2.36. The minimum absolute atomic E-state index is 0.0962. The largest absolute Gasteiger partial charge is 0.417 e. The standard InChI is InChI=1S/C12H15ClF3NO/c1-6(2)11(18)10(17)7-3-4-8(9(13)5-7)12(14,15)16/h3-6,10-11,18H,17H2,1-2H3/t10-,11+/m1/s1. The van der Waals surface area contributed by atoms with Crippen LogP contribution in [0, 0.1) is 5.92 Å². The molecule has 0 aliphatic rings. The van der Waals surface area contributed by atoms with Crippen LogP contribution in [0.5, 0.6) is 0 Å². The fraction of sp³-hybridized carbons (Fsp3) is 0.500. The molecule has 3 N–H and O–H groups in total. The third-order valence-corrected chi connectivity index (χ3v) is 3.05. The van der Waals surface area contributed by atoms with Crippen molar-refractivity contribution in [2.45, 2.75) is 32.2 Å². The van der Waals surface area contributed by atoms with E-state index in [0.29, 0.717) is 5.56 Å². The normalized spacial score (nSPS) is 15.8. The van der Waals surface area contributed by atoms with E-state index in [0.717, 1.165) is 12.1 Å². The summed E-state index contributed by atoms with van der Waals surface area (Å²) in [5.41, 5.74) is 5.26. The summed E-state index contributed by atoms with van der Waals surface area (Å²) in [7, 11) is 0. The number of nitrogens with two attached hydrogens (primary N) is 1. The Morgan fingerprint density at radius 2 is 1.83 bits per heavy atom. The topological polar surface area (TPSA) is 46.2 Å². The summed E-state index contributed by atoms with van der Waals surface area (Å²) in [6, 6.07) is 2.51. The van der Waals surface area contributed by atoms with E-state index in [1.54, 1.807) is 13.8 Å². The molecule has 0 heterocycles. The fourth-order valence-corrected chi connectivity index (χ4v) is 1.88. The van der Waals surface area contributed by atoms with Gasteiger partial charge in [-0.3, -0.25) is 0 Å². The number of hydrogen-bond donors (Lipinski definition) is 2. The number of benzene rings is 1. The first-order chi connectivity index (χ1) is 8.14. The van der Waals surface area contributed by atoms with Gasteiger partial charge in [0.25, 0.3) is 0 Å². The monoisotopic (exact) mass is 281 g/mol. The van der Waals surface area contributed by atoms with Gasteiger partial charge in [0.2, 0.25) is 0 Å². The van der Waals surface area contributed by atoms with E-state index in [1.165, 1.54) is 6.07 Å². The number of halogens is 4. The van der Waals surface area contributed by atoms with E-state index in [-0.39, 0.29) is 5.92 Å². The average molecular weight is 282 g/mol. The Morgan fingerprint density at radius 1 is 1.28 bits per heavy atom. The molecular formula is C12H15ClF3NO. The van der Waals surface area contributed by atoms with Gasteiger partial charge in [-0.2, -0.15) is 13.2 Å². The molecule has 0 saturated carbocycles. The molecule has 0 saturated heterocycles. The molecule has 2 atom stereocenters. The molecule has 0 spiro atoms. The van der Waals surface area contributed by atoms with E-state index in [1.807, 2.05) is 0 Å². The quantitative estimate of drug-likeness (QED) is 0.892. The van der Waals surface area contributed by atoms with Gasteiger partial charge in [-0.25, -0.2) is 0 Å². The predicted octanol–water partition coefficient (Wildman–Crippen LogP) is 3.38. The average Bonchev–Trinajstić information content (AvgIpc) is 2.24. The van der Waals surface area contributed by atoms with Crippen LogP contribution >= 0.6 is 11.6 Å². The number of hydrogen-bond acceptors (Lipinski definition) is 2. The second-order valence-electron chi connectivity index (χ2n) is 4.50. The molecule has 1 aromatic carbocycles. The van der Waals surface area contributed by atoms with Gasteiger partial charge in [0, 0.05) is 0 Å². The summed E-state index contributed by atoms with van der Waals surface area (Å²) in [5.74, 6) is -0.0962. The van der Waals surface area contributed by atoms with Crippen molar-refractivity contribution in [1.82, 2.24) is 0 Å². The lowest BCUT2D eigenvalue weighted by molar-refractivity contribution is -0.137. The van der Waals surface area contributed by atoms with Gasteiger partial charge in [-0.1, -0.05) is 31.5 Å². The maximum atomic E-state index is 12.5. The Morgan fingerprint density at radius 3 is 2.22 bits per heavy atom. The maximum Gasteiger partial charge on any atom is 0.417 e. The van der Waals surface area contributed by atoms with Gasteiger partial charge in [0.05, 0.1) is 22.7 Å². The van der Waals surface area contributed by atoms with Crippen LogP contribution in [0.3, 0.4) is 0 Å². The summed E-state index contributed by atoms with van der Waals surface area (Å²) in [4.78, 5) is 0. The third kappa shape index (κ3) is 3.37. The molecule has 0 bridgehead atoms. The molecule has 0 fully saturated rings. The molecule has 0 aliphatic carbocycles. The zero-order chi connectivity index (χ0) is 14.1. The Hall–Kier alpha value is -0.780. The molecule has 0 aromatic heterocycles. The van der Waals surface area contributed by atoms with Gasteiger partial charge in [-0.15, -0.1) is 0 Å². The molecule has 0 unspecified atom stereocenters. The van der Waals surface area contributed by atoms with Crippen molar-refractivity contribution in [2.75, 3.05) is 0 Å². The van der Waals surface area contributed by atoms with Crippen LogP contribution in [0.4, 0.5) is 13.2 Å². The number of aliphatic hydroxyl groups excluding tert-OH is 1. The van der Waals surface area contributed by atoms with Crippen LogP contribution in [0.15, 0.2) is 18.2 Å². The van der Waals surface area contributed by atoms with E-state index in [4.69, 9.17) is 17.3 Å². The maximum absolute atomic E-state index is 12.5. The number of alkyl halides is 3. The zero-order valence-electron chi connectivity index (χ0n) is 10.0. The highest BCUT2D eigenvalue weighted by atomic mass is 35.5. The second-order valence-corrected chi connectivity index (χ2v) is 4.90. The van der Waals surface area contributed by atoms with Crippen molar-refractivity contribution in [3.8, 4) is 0 Å². The van der Waals surface area contributed by atoms with Gasteiger partial charge < -0.3 is 10.8 Å². The summed E-state index contributed by atoms with van der Waals surface area (Å²) in [6.45, 7) is 3.55. The fourth-order valence-electron chi connectivity index (χ4n) is 1.58. The molecule has 0 radical (unpaired) electrons. The third-order valence-electron chi connectivity index (χ3n) is 2.73. The van der Waals surface area contributed by atoms with Crippen molar-refractivity contribution in [3.63, 3.8) is 0 Å². The van der Waals surface area contributed by atoms with Crippen molar-refractivity contribution < 1.29 is 18.3 Å². The Balaban J connectivity index is 3.05. The lowest BCUT2D eigenvalue weighted by Gasteiger charge is -2.23. The van der Waals surface area contributed by atoms with Crippen LogP contribution < -0.4 is 5.73 Å². The molecule has 102 valence electrons. The van der Waals surface area contributed by atoms with Crippen LogP contribution in [0.2, 0.25) is 5.02 Å². The summed E-state index contributed by atoms with van der Waals surface area (Å²) < 4.78 is 37.5. The Bertz CT molecular complexity index is 420.